The van der Waals surface area contributed by atoms with E-state index in [9.17, 15) is 0 Å². The molecule has 0 atom stereocenters. The molecule has 0 radical (unpaired) electrons. The molecule has 0 aromatic rings. The van der Waals surface area contributed by atoms with Gasteiger partial charge in [0.25, 0.3) is 0 Å². The molecule has 2 nitrogen and oxygen atoms in total. The molecule has 1 fully saturated rings. The molecule has 170 valence electrons. The summed E-state index contributed by atoms with van der Waals surface area (Å²) in [5, 5.41) is 0. The Morgan fingerprint density at radius 3 is 1.48 bits per heavy atom. The molecular formula is C26H51BO2. The highest BCUT2D eigenvalue weighted by molar-refractivity contribution is 6.54. The van der Waals surface area contributed by atoms with Crippen molar-refractivity contribution in [2.45, 2.75) is 156 Å². The summed E-state index contributed by atoms with van der Waals surface area (Å²) in [7, 11) is -0.148. The summed E-state index contributed by atoms with van der Waals surface area (Å²) >= 11 is 0. The van der Waals surface area contributed by atoms with Crippen molar-refractivity contribution < 1.29 is 9.31 Å². The number of rotatable bonds is 16. The molecule has 1 aliphatic heterocycles. The molecule has 0 unspecified atom stereocenters. The zero-order valence-corrected chi connectivity index (χ0v) is 21.0. The van der Waals surface area contributed by atoms with E-state index in [0.29, 0.717) is 0 Å². The maximum atomic E-state index is 6.48. The van der Waals surface area contributed by atoms with Crippen LogP contribution in [-0.4, -0.2) is 18.3 Å². The minimum atomic E-state index is -0.247. The summed E-state index contributed by atoms with van der Waals surface area (Å²) in [6, 6.07) is 0. The van der Waals surface area contributed by atoms with Gasteiger partial charge in [-0.15, -0.1) is 0 Å². The van der Waals surface area contributed by atoms with Gasteiger partial charge in [-0.3, -0.25) is 0 Å². The van der Waals surface area contributed by atoms with E-state index in [2.05, 4.69) is 48.5 Å². The van der Waals surface area contributed by atoms with Crippen LogP contribution in [0, 0.1) is 0 Å². The normalized spacial score (nSPS) is 18.9. The van der Waals surface area contributed by atoms with Crippen LogP contribution in [-0.2, 0) is 9.31 Å². The lowest BCUT2D eigenvalue weighted by Crippen LogP contribution is -2.41. The molecule has 1 heterocycles. The first-order valence-corrected chi connectivity index (χ1v) is 12.9. The van der Waals surface area contributed by atoms with Crippen LogP contribution in [0.15, 0.2) is 11.0 Å². The third kappa shape index (κ3) is 9.17. The van der Waals surface area contributed by atoms with E-state index in [-0.39, 0.29) is 18.3 Å². The molecule has 1 aliphatic rings. The van der Waals surface area contributed by atoms with Crippen molar-refractivity contribution in [1.82, 2.24) is 0 Å². The Morgan fingerprint density at radius 1 is 0.586 bits per heavy atom. The highest BCUT2D eigenvalue weighted by Gasteiger charge is 2.52. The lowest BCUT2D eigenvalue weighted by atomic mass is 9.71. The van der Waals surface area contributed by atoms with Crippen molar-refractivity contribution in [3.8, 4) is 0 Å². The van der Waals surface area contributed by atoms with Crippen molar-refractivity contribution in [3.63, 3.8) is 0 Å². The SMILES string of the molecule is CCCCCCCCCC/C(B1OC(C)(C)C(C)(C)O1)=C(\CC)CCCCCC. The van der Waals surface area contributed by atoms with Gasteiger partial charge in [0.1, 0.15) is 0 Å². The molecule has 0 bridgehead atoms. The average Bonchev–Trinajstić information content (AvgIpc) is 2.88. The van der Waals surface area contributed by atoms with E-state index < -0.39 is 0 Å². The fourth-order valence-electron chi connectivity index (χ4n) is 4.23. The molecule has 0 aromatic heterocycles. The predicted molar refractivity (Wildman–Crippen MR) is 129 cm³/mol. The molecule has 0 aromatic carbocycles. The zero-order valence-electron chi connectivity index (χ0n) is 21.0. The second kappa shape index (κ2) is 13.9. The number of unbranched alkanes of at least 4 members (excludes halogenated alkanes) is 10. The molecule has 3 heteroatoms. The molecular weight excluding hydrogens is 355 g/mol. The smallest absolute Gasteiger partial charge is 0.400 e. The quantitative estimate of drug-likeness (QED) is 0.188. The maximum absolute atomic E-state index is 6.48. The number of hydrogen-bond acceptors (Lipinski definition) is 2. The third-order valence-electron chi connectivity index (χ3n) is 7.05. The van der Waals surface area contributed by atoms with Crippen molar-refractivity contribution >= 4 is 7.12 Å². The molecule has 1 rings (SSSR count). The Labute approximate surface area is 183 Å². The minimum Gasteiger partial charge on any atom is -0.400 e. The van der Waals surface area contributed by atoms with Gasteiger partial charge in [0.05, 0.1) is 11.2 Å². The minimum absolute atomic E-state index is 0.148. The summed E-state index contributed by atoms with van der Waals surface area (Å²) in [4.78, 5) is 0. The number of allylic oxidation sites excluding steroid dienone is 2. The Balaban J connectivity index is 2.69. The monoisotopic (exact) mass is 406 g/mol. The second-order valence-electron chi connectivity index (χ2n) is 10.1. The Morgan fingerprint density at radius 2 is 1.00 bits per heavy atom. The first-order valence-electron chi connectivity index (χ1n) is 12.9. The van der Waals surface area contributed by atoms with Crippen LogP contribution in [0.3, 0.4) is 0 Å². The Bertz CT molecular complexity index is 451. The van der Waals surface area contributed by atoms with Gasteiger partial charge in [0.15, 0.2) is 0 Å². The molecule has 0 aliphatic carbocycles. The average molecular weight is 407 g/mol. The van der Waals surface area contributed by atoms with Crippen molar-refractivity contribution in [2.24, 2.45) is 0 Å². The summed E-state index contributed by atoms with van der Waals surface area (Å²) in [5.74, 6) is 0. The largest absolute Gasteiger partial charge is 0.490 e. The van der Waals surface area contributed by atoms with Gasteiger partial charge in [-0.2, -0.15) is 0 Å². The van der Waals surface area contributed by atoms with E-state index in [1.165, 1.54) is 88.9 Å². The summed E-state index contributed by atoms with van der Waals surface area (Å²) in [6.45, 7) is 15.6. The lowest BCUT2D eigenvalue weighted by Gasteiger charge is -2.32. The van der Waals surface area contributed by atoms with Gasteiger partial charge >= 0.3 is 7.12 Å². The van der Waals surface area contributed by atoms with Gasteiger partial charge < -0.3 is 9.31 Å². The summed E-state index contributed by atoms with van der Waals surface area (Å²) < 4.78 is 13.0. The first kappa shape index (κ1) is 26.8. The molecule has 1 saturated heterocycles. The van der Waals surface area contributed by atoms with Gasteiger partial charge in [0.2, 0.25) is 0 Å². The van der Waals surface area contributed by atoms with Crippen molar-refractivity contribution in [3.05, 3.63) is 11.0 Å². The predicted octanol–water partition coefficient (Wildman–Crippen LogP) is 8.83. The number of hydrogen-bond donors (Lipinski definition) is 0. The Hall–Kier alpha value is -0.275. The zero-order chi connectivity index (χ0) is 21.8. The topological polar surface area (TPSA) is 18.5 Å². The summed E-state index contributed by atoms with van der Waals surface area (Å²) in [6.07, 6.45) is 19.7. The van der Waals surface area contributed by atoms with E-state index in [1.807, 2.05) is 0 Å². The maximum Gasteiger partial charge on any atom is 0.490 e. The fourth-order valence-corrected chi connectivity index (χ4v) is 4.23. The van der Waals surface area contributed by atoms with Gasteiger partial charge in [0, 0.05) is 0 Å². The highest BCUT2D eigenvalue weighted by Crippen LogP contribution is 2.40. The first-order chi connectivity index (χ1) is 13.8. The van der Waals surface area contributed by atoms with Crippen LogP contribution in [0.5, 0.6) is 0 Å². The molecule has 0 N–H and O–H groups in total. The van der Waals surface area contributed by atoms with Crippen molar-refractivity contribution in [1.29, 1.82) is 0 Å². The van der Waals surface area contributed by atoms with Crippen LogP contribution in [0.25, 0.3) is 0 Å². The van der Waals surface area contributed by atoms with Gasteiger partial charge in [-0.25, -0.2) is 0 Å². The molecule has 0 amide bonds. The Kier molecular flexibility index (Phi) is 12.8. The molecule has 0 spiro atoms. The lowest BCUT2D eigenvalue weighted by molar-refractivity contribution is 0.00578. The molecule has 0 saturated carbocycles. The van der Waals surface area contributed by atoms with Gasteiger partial charge in [-0.1, -0.05) is 97.0 Å². The van der Waals surface area contributed by atoms with Crippen LogP contribution >= 0.6 is 0 Å². The van der Waals surface area contributed by atoms with Crippen LogP contribution in [0.1, 0.15) is 145 Å². The standard InChI is InChI=1S/C26H51BO2/c1-8-11-13-15-16-17-18-20-22-24(23(10-3)21-19-14-12-9-2)27-28-25(4,5)26(6,7)29-27/h8-22H2,1-7H3/b24-23-. The van der Waals surface area contributed by atoms with Crippen LogP contribution in [0.4, 0.5) is 0 Å². The second-order valence-corrected chi connectivity index (χ2v) is 10.1. The molecule has 29 heavy (non-hydrogen) atoms. The highest BCUT2D eigenvalue weighted by atomic mass is 16.7. The van der Waals surface area contributed by atoms with E-state index in [1.54, 1.807) is 5.57 Å². The van der Waals surface area contributed by atoms with Gasteiger partial charge in [-0.05, 0) is 58.9 Å². The summed E-state index contributed by atoms with van der Waals surface area (Å²) in [5.41, 5.74) is 2.57. The van der Waals surface area contributed by atoms with E-state index >= 15 is 0 Å². The van der Waals surface area contributed by atoms with Crippen LogP contribution < -0.4 is 0 Å². The third-order valence-corrected chi connectivity index (χ3v) is 7.05. The van der Waals surface area contributed by atoms with Crippen molar-refractivity contribution in [2.75, 3.05) is 0 Å². The fraction of sp³-hybridized carbons (Fsp3) is 0.923. The van der Waals surface area contributed by atoms with E-state index in [4.69, 9.17) is 9.31 Å². The van der Waals surface area contributed by atoms with Crippen LogP contribution in [0.2, 0.25) is 0 Å². The van der Waals surface area contributed by atoms with E-state index in [0.717, 1.165) is 12.8 Å².